The Kier molecular flexibility index (Phi) is 6.43. The van der Waals surface area contributed by atoms with Crippen LogP contribution in [-0.4, -0.2) is 25.6 Å². The maximum atomic E-state index is 12.5. The quantitative estimate of drug-likeness (QED) is 0.418. The Morgan fingerprint density at radius 1 is 1.11 bits per heavy atom. The van der Waals surface area contributed by atoms with Crippen molar-refractivity contribution in [2.75, 3.05) is 0 Å². The summed E-state index contributed by atoms with van der Waals surface area (Å²) in [5.74, 6) is 0. The van der Waals surface area contributed by atoms with E-state index in [2.05, 4.69) is 9.71 Å². The van der Waals surface area contributed by atoms with Crippen molar-refractivity contribution in [2.45, 2.75) is 43.0 Å². The number of halogens is 1. The van der Waals surface area contributed by atoms with Crippen molar-refractivity contribution in [3.8, 4) is 0 Å². The molecule has 7 nitrogen and oxygen atoms in total. The third-order valence-corrected chi connectivity index (χ3v) is 6.46. The fraction of sp³-hybridized carbons (Fsp3) is 0.316. The Hall–Kier alpha value is -2.29. The maximum Gasteiger partial charge on any atom is 0.288 e. The van der Waals surface area contributed by atoms with Gasteiger partial charge >= 0.3 is 0 Å². The first kappa shape index (κ1) is 20.4. The highest BCUT2D eigenvalue weighted by molar-refractivity contribution is 7.89. The Morgan fingerprint density at radius 3 is 2.43 bits per heavy atom. The van der Waals surface area contributed by atoms with Gasteiger partial charge in [-0.05, 0) is 48.7 Å². The molecule has 0 radical (unpaired) electrons. The molecule has 28 heavy (non-hydrogen) atoms. The van der Waals surface area contributed by atoms with Crippen molar-refractivity contribution in [1.82, 2.24) is 4.72 Å². The summed E-state index contributed by atoms with van der Waals surface area (Å²) in [6, 6.07) is 10.6. The van der Waals surface area contributed by atoms with E-state index >= 15 is 0 Å². The molecule has 0 spiro atoms. The zero-order valence-electron chi connectivity index (χ0n) is 15.0. The van der Waals surface area contributed by atoms with E-state index in [9.17, 15) is 18.5 Å². The van der Waals surface area contributed by atoms with Crippen LogP contribution in [0, 0.1) is 10.1 Å². The lowest BCUT2D eigenvalue weighted by atomic mass is 9.96. The van der Waals surface area contributed by atoms with Crippen LogP contribution < -0.4 is 4.72 Å². The first-order chi connectivity index (χ1) is 13.3. The second-order valence-corrected chi connectivity index (χ2v) is 8.80. The van der Waals surface area contributed by atoms with Crippen LogP contribution in [0.15, 0.2) is 52.4 Å². The van der Waals surface area contributed by atoms with Crippen molar-refractivity contribution >= 4 is 39.2 Å². The van der Waals surface area contributed by atoms with E-state index in [0.717, 1.165) is 32.1 Å². The lowest BCUT2D eigenvalue weighted by Gasteiger charge is -2.22. The number of rotatable bonds is 6. The minimum Gasteiger partial charge on any atom is -0.258 e. The van der Waals surface area contributed by atoms with Crippen LogP contribution in [0.1, 0.15) is 37.7 Å². The van der Waals surface area contributed by atoms with Crippen molar-refractivity contribution in [3.05, 3.63) is 63.2 Å². The third-order valence-electron chi connectivity index (χ3n) is 4.60. The highest BCUT2D eigenvalue weighted by Gasteiger charge is 2.21. The molecular formula is C19H20ClN3O4S. The average Bonchev–Trinajstić information content (AvgIpc) is 2.68. The molecule has 1 aliphatic rings. The van der Waals surface area contributed by atoms with Gasteiger partial charge in [-0.1, -0.05) is 36.9 Å². The normalized spacial score (nSPS) is 15.8. The molecule has 0 saturated heterocycles. The van der Waals surface area contributed by atoms with E-state index in [1.165, 1.54) is 30.5 Å². The Bertz CT molecular complexity index is 985. The summed E-state index contributed by atoms with van der Waals surface area (Å²) < 4.78 is 27.8. The molecule has 1 saturated carbocycles. The fourth-order valence-electron chi connectivity index (χ4n) is 3.12. The predicted octanol–water partition coefficient (Wildman–Crippen LogP) is 4.61. The standard InChI is InChI=1S/C19H20ClN3O4S/c20-18-11-6-14(12-19(18)23(24)25)13-21-15-7-9-17(10-8-15)28(26,27)22-16-4-2-1-3-5-16/h6-13,16,22H,1-5H2. The summed E-state index contributed by atoms with van der Waals surface area (Å²) in [6.45, 7) is 0. The lowest BCUT2D eigenvalue weighted by molar-refractivity contribution is -0.384. The Balaban J connectivity index is 1.71. The largest absolute Gasteiger partial charge is 0.288 e. The molecule has 0 atom stereocenters. The van der Waals surface area contributed by atoms with Crippen LogP contribution in [0.25, 0.3) is 0 Å². The Labute approximate surface area is 168 Å². The van der Waals surface area contributed by atoms with Gasteiger partial charge in [-0.2, -0.15) is 0 Å². The molecule has 0 bridgehead atoms. The molecule has 9 heteroatoms. The smallest absolute Gasteiger partial charge is 0.258 e. The monoisotopic (exact) mass is 421 g/mol. The van der Waals surface area contributed by atoms with E-state index in [-0.39, 0.29) is 21.6 Å². The summed E-state index contributed by atoms with van der Waals surface area (Å²) >= 11 is 5.79. The van der Waals surface area contributed by atoms with Crippen LogP contribution in [0.3, 0.4) is 0 Å². The summed E-state index contributed by atoms with van der Waals surface area (Å²) in [5.41, 5.74) is 0.863. The molecule has 1 N–H and O–H groups in total. The molecule has 2 aromatic carbocycles. The van der Waals surface area contributed by atoms with E-state index in [4.69, 9.17) is 11.6 Å². The van der Waals surface area contributed by atoms with E-state index in [1.54, 1.807) is 18.2 Å². The second-order valence-electron chi connectivity index (χ2n) is 6.68. The van der Waals surface area contributed by atoms with Crippen LogP contribution >= 0.6 is 11.6 Å². The number of nitro groups is 1. The number of nitrogens with zero attached hydrogens (tertiary/aromatic N) is 2. The highest BCUT2D eigenvalue weighted by Crippen LogP contribution is 2.25. The van der Waals surface area contributed by atoms with Crippen LogP contribution in [0.5, 0.6) is 0 Å². The number of nitrogens with one attached hydrogen (secondary N) is 1. The molecule has 1 aliphatic carbocycles. The van der Waals surface area contributed by atoms with E-state index in [1.807, 2.05) is 0 Å². The van der Waals surface area contributed by atoms with Gasteiger partial charge in [0, 0.05) is 18.3 Å². The molecule has 3 rings (SSSR count). The van der Waals surface area contributed by atoms with Gasteiger partial charge in [-0.3, -0.25) is 15.1 Å². The van der Waals surface area contributed by atoms with Crippen LogP contribution in [0.4, 0.5) is 11.4 Å². The number of sulfonamides is 1. The molecule has 0 heterocycles. The molecule has 0 amide bonds. The Morgan fingerprint density at radius 2 is 1.79 bits per heavy atom. The molecular weight excluding hydrogens is 402 g/mol. The molecule has 1 fully saturated rings. The summed E-state index contributed by atoms with van der Waals surface area (Å²) in [4.78, 5) is 14.8. The second kappa shape index (κ2) is 8.81. The number of nitro benzene ring substituents is 1. The van der Waals surface area contributed by atoms with Gasteiger partial charge < -0.3 is 0 Å². The van der Waals surface area contributed by atoms with Crippen molar-refractivity contribution in [1.29, 1.82) is 0 Å². The van der Waals surface area contributed by atoms with E-state index < -0.39 is 14.9 Å². The zero-order valence-corrected chi connectivity index (χ0v) is 16.6. The summed E-state index contributed by atoms with van der Waals surface area (Å²) in [6.07, 6.45) is 6.45. The number of hydrogen-bond donors (Lipinski definition) is 1. The molecule has 0 aliphatic heterocycles. The minimum absolute atomic E-state index is 0.00265. The van der Waals surface area contributed by atoms with Gasteiger partial charge in [0.2, 0.25) is 10.0 Å². The molecule has 148 valence electrons. The van der Waals surface area contributed by atoms with Gasteiger partial charge in [0.1, 0.15) is 5.02 Å². The summed E-state index contributed by atoms with van der Waals surface area (Å²) in [7, 11) is -3.56. The first-order valence-corrected chi connectivity index (χ1v) is 10.8. The van der Waals surface area contributed by atoms with Gasteiger partial charge in [0.05, 0.1) is 15.5 Å². The zero-order chi connectivity index (χ0) is 20.1. The predicted molar refractivity (Wildman–Crippen MR) is 109 cm³/mol. The lowest BCUT2D eigenvalue weighted by Crippen LogP contribution is -2.36. The molecule has 0 aromatic heterocycles. The van der Waals surface area contributed by atoms with Gasteiger partial charge in [-0.15, -0.1) is 0 Å². The van der Waals surface area contributed by atoms with Crippen molar-refractivity contribution in [2.24, 2.45) is 4.99 Å². The fourth-order valence-corrected chi connectivity index (χ4v) is 4.61. The number of benzene rings is 2. The molecule has 2 aromatic rings. The van der Waals surface area contributed by atoms with Gasteiger partial charge in [0.25, 0.3) is 5.69 Å². The molecule has 0 unspecified atom stereocenters. The minimum atomic E-state index is -3.56. The van der Waals surface area contributed by atoms with Crippen molar-refractivity contribution in [3.63, 3.8) is 0 Å². The van der Waals surface area contributed by atoms with Gasteiger partial charge in [-0.25, -0.2) is 13.1 Å². The SMILES string of the molecule is O=[N+]([O-])c1cc(C=Nc2ccc(S(=O)(=O)NC3CCCCC3)cc2)ccc1Cl. The average molecular weight is 422 g/mol. The van der Waals surface area contributed by atoms with Crippen LogP contribution in [0.2, 0.25) is 5.02 Å². The summed E-state index contributed by atoms with van der Waals surface area (Å²) in [5, 5.41) is 11.0. The van der Waals surface area contributed by atoms with Crippen LogP contribution in [-0.2, 0) is 10.0 Å². The highest BCUT2D eigenvalue weighted by atomic mass is 35.5. The topological polar surface area (TPSA) is 102 Å². The third kappa shape index (κ3) is 5.15. The van der Waals surface area contributed by atoms with Gasteiger partial charge in [0.15, 0.2) is 0 Å². The first-order valence-electron chi connectivity index (χ1n) is 8.95. The maximum absolute atomic E-state index is 12.5. The van der Waals surface area contributed by atoms with E-state index in [0.29, 0.717) is 11.3 Å². The van der Waals surface area contributed by atoms with Crippen molar-refractivity contribution < 1.29 is 13.3 Å². The number of aliphatic imine (C=N–C) groups is 1. The number of hydrogen-bond acceptors (Lipinski definition) is 5.